The Balaban J connectivity index is 1.57. The number of ether oxygens (including phenoxy) is 3. The molecule has 3 rings (SSSR count). The smallest absolute Gasteiger partial charge is 0.345 e. The number of amides is 1. The lowest BCUT2D eigenvalue weighted by Crippen LogP contribution is -2.20. The van der Waals surface area contributed by atoms with Crippen LogP contribution in [0.4, 0.5) is 11.5 Å². The molecule has 1 N–H and O–H groups in total. The highest BCUT2D eigenvalue weighted by atomic mass is 16.6. The monoisotopic (exact) mass is 454 g/mol. The maximum atomic E-state index is 12.3. The molecule has 3 aromatic rings. The number of hydrogen-bond donors (Lipinski definition) is 1. The van der Waals surface area contributed by atoms with E-state index in [2.05, 4.69) is 10.4 Å². The van der Waals surface area contributed by atoms with Crippen molar-refractivity contribution >= 4 is 17.4 Å². The number of carbonyl (C=O) groups excluding carboxylic acids is 1. The van der Waals surface area contributed by atoms with Crippen LogP contribution in [0.3, 0.4) is 0 Å². The van der Waals surface area contributed by atoms with Gasteiger partial charge in [0.1, 0.15) is 12.4 Å². The standard InChI is InChI=1S/C23H26N4O6/c1-4-31-20-11-6-17(13-21(20)32-5-2)15-33-19-9-7-18(8-10-19)24-22(28)14-26-23(27(29)30)12-16(3)25-26/h6-13H,4-5,14-15H2,1-3H3,(H,24,28). The van der Waals surface area contributed by atoms with Gasteiger partial charge >= 0.3 is 5.82 Å². The van der Waals surface area contributed by atoms with Gasteiger partial charge in [-0.05, 0) is 67.7 Å². The van der Waals surface area contributed by atoms with Crippen LogP contribution >= 0.6 is 0 Å². The molecular formula is C23H26N4O6. The van der Waals surface area contributed by atoms with Gasteiger partial charge in [0.15, 0.2) is 18.0 Å². The Morgan fingerprint density at radius 3 is 2.39 bits per heavy atom. The van der Waals surface area contributed by atoms with E-state index in [4.69, 9.17) is 14.2 Å². The lowest BCUT2D eigenvalue weighted by Gasteiger charge is -2.13. The molecular weight excluding hydrogens is 428 g/mol. The van der Waals surface area contributed by atoms with Crippen LogP contribution in [0.25, 0.3) is 0 Å². The number of anilines is 1. The summed E-state index contributed by atoms with van der Waals surface area (Å²) in [5.74, 6) is 1.34. The summed E-state index contributed by atoms with van der Waals surface area (Å²) in [5, 5.41) is 17.7. The Morgan fingerprint density at radius 2 is 1.73 bits per heavy atom. The first-order chi connectivity index (χ1) is 15.9. The molecule has 2 aromatic carbocycles. The lowest BCUT2D eigenvalue weighted by atomic mass is 10.2. The van der Waals surface area contributed by atoms with Crippen LogP contribution in [0, 0.1) is 17.0 Å². The average Bonchev–Trinajstić information content (AvgIpc) is 3.15. The van der Waals surface area contributed by atoms with Gasteiger partial charge in [-0.2, -0.15) is 0 Å². The summed E-state index contributed by atoms with van der Waals surface area (Å²) in [5.41, 5.74) is 1.94. The molecule has 0 aliphatic carbocycles. The summed E-state index contributed by atoms with van der Waals surface area (Å²) < 4.78 is 18.1. The van der Waals surface area contributed by atoms with Gasteiger partial charge in [-0.1, -0.05) is 11.2 Å². The number of nitrogens with one attached hydrogen (secondary N) is 1. The number of carbonyl (C=O) groups is 1. The number of nitro groups is 1. The number of nitrogens with zero attached hydrogens (tertiary/aromatic N) is 3. The van der Waals surface area contributed by atoms with Gasteiger partial charge in [0, 0.05) is 5.69 Å². The quantitative estimate of drug-likeness (QED) is 0.342. The van der Waals surface area contributed by atoms with Gasteiger partial charge < -0.3 is 29.6 Å². The van der Waals surface area contributed by atoms with E-state index < -0.39 is 10.8 Å². The van der Waals surface area contributed by atoms with Crippen molar-refractivity contribution in [2.75, 3.05) is 18.5 Å². The highest BCUT2D eigenvalue weighted by Crippen LogP contribution is 2.29. The van der Waals surface area contributed by atoms with E-state index in [-0.39, 0.29) is 12.4 Å². The second-order valence-electron chi connectivity index (χ2n) is 7.07. The van der Waals surface area contributed by atoms with E-state index in [0.29, 0.717) is 48.5 Å². The summed E-state index contributed by atoms with van der Waals surface area (Å²) in [4.78, 5) is 22.8. The fourth-order valence-corrected chi connectivity index (χ4v) is 3.12. The molecule has 1 amide bonds. The average molecular weight is 454 g/mol. The van der Waals surface area contributed by atoms with Crippen molar-refractivity contribution in [2.24, 2.45) is 0 Å². The molecule has 174 valence electrons. The van der Waals surface area contributed by atoms with Crippen LogP contribution in [0.2, 0.25) is 0 Å². The first kappa shape index (κ1) is 23.6. The van der Waals surface area contributed by atoms with Crippen LogP contribution in [0.1, 0.15) is 25.1 Å². The Hall–Kier alpha value is -4.08. The van der Waals surface area contributed by atoms with Crippen LogP contribution in [-0.4, -0.2) is 33.8 Å². The predicted octanol–water partition coefficient (Wildman–Crippen LogP) is 4.11. The Kier molecular flexibility index (Phi) is 7.85. The number of benzene rings is 2. The van der Waals surface area contributed by atoms with Gasteiger partial charge in [-0.25, -0.2) is 0 Å². The minimum absolute atomic E-state index is 0.229. The molecule has 0 saturated heterocycles. The third-order valence-corrected chi connectivity index (χ3v) is 4.51. The summed E-state index contributed by atoms with van der Waals surface area (Å²) in [7, 11) is 0. The lowest BCUT2D eigenvalue weighted by molar-refractivity contribution is -0.392. The van der Waals surface area contributed by atoms with Crippen molar-refractivity contribution in [1.82, 2.24) is 9.78 Å². The molecule has 0 saturated carbocycles. The molecule has 1 heterocycles. The molecule has 0 bridgehead atoms. The summed E-state index contributed by atoms with van der Waals surface area (Å²) in [6.07, 6.45) is 0. The zero-order valence-corrected chi connectivity index (χ0v) is 18.7. The summed E-state index contributed by atoms with van der Waals surface area (Å²) in [6, 6.07) is 13.8. The van der Waals surface area contributed by atoms with Gasteiger partial charge in [-0.15, -0.1) is 4.68 Å². The zero-order chi connectivity index (χ0) is 23.8. The van der Waals surface area contributed by atoms with E-state index in [0.717, 1.165) is 10.2 Å². The van der Waals surface area contributed by atoms with E-state index >= 15 is 0 Å². The second-order valence-corrected chi connectivity index (χ2v) is 7.07. The SMILES string of the molecule is CCOc1ccc(COc2ccc(NC(=O)Cn3nc(C)cc3[N+](=O)[O-])cc2)cc1OCC. The molecule has 0 fully saturated rings. The molecule has 0 radical (unpaired) electrons. The fourth-order valence-electron chi connectivity index (χ4n) is 3.12. The molecule has 0 atom stereocenters. The number of aryl methyl sites for hydroxylation is 1. The van der Waals surface area contributed by atoms with Gasteiger partial charge in [0.2, 0.25) is 0 Å². The zero-order valence-electron chi connectivity index (χ0n) is 18.7. The summed E-state index contributed by atoms with van der Waals surface area (Å²) in [6.45, 7) is 6.62. The number of hydrogen-bond acceptors (Lipinski definition) is 7. The highest BCUT2D eigenvalue weighted by molar-refractivity contribution is 5.90. The molecule has 1 aromatic heterocycles. The Labute approximate surface area is 191 Å². The van der Waals surface area contributed by atoms with E-state index in [1.165, 1.54) is 6.07 Å². The van der Waals surface area contributed by atoms with Gasteiger partial charge in [0.25, 0.3) is 5.91 Å². The highest BCUT2D eigenvalue weighted by Gasteiger charge is 2.19. The minimum Gasteiger partial charge on any atom is -0.490 e. The predicted molar refractivity (Wildman–Crippen MR) is 122 cm³/mol. The number of rotatable bonds is 11. The van der Waals surface area contributed by atoms with Crippen molar-refractivity contribution < 1.29 is 23.9 Å². The van der Waals surface area contributed by atoms with Crippen LogP contribution in [0.5, 0.6) is 17.2 Å². The van der Waals surface area contributed by atoms with Crippen molar-refractivity contribution in [3.63, 3.8) is 0 Å². The molecule has 0 aliphatic heterocycles. The van der Waals surface area contributed by atoms with E-state index in [1.54, 1.807) is 31.2 Å². The topological polar surface area (TPSA) is 118 Å². The van der Waals surface area contributed by atoms with Crippen molar-refractivity contribution in [1.29, 1.82) is 0 Å². The van der Waals surface area contributed by atoms with Gasteiger partial charge in [0.05, 0.1) is 25.0 Å². The molecule has 10 heteroatoms. The van der Waals surface area contributed by atoms with Crippen molar-refractivity contribution in [3.05, 3.63) is 69.9 Å². The maximum Gasteiger partial charge on any atom is 0.345 e. The fraction of sp³-hybridized carbons (Fsp3) is 0.304. The Bertz CT molecular complexity index is 1110. The molecule has 0 unspecified atom stereocenters. The maximum absolute atomic E-state index is 12.3. The van der Waals surface area contributed by atoms with Crippen LogP contribution < -0.4 is 19.5 Å². The molecule has 0 aliphatic rings. The summed E-state index contributed by atoms with van der Waals surface area (Å²) >= 11 is 0. The third-order valence-electron chi connectivity index (χ3n) is 4.51. The van der Waals surface area contributed by atoms with Crippen LogP contribution in [-0.2, 0) is 17.9 Å². The molecule has 0 spiro atoms. The first-order valence-corrected chi connectivity index (χ1v) is 10.5. The minimum atomic E-state index is -0.568. The molecule has 33 heavy (non-hydrogen) atoms. The second kappa shape index (κ2) is 11.0. The van der Waals surface area contributed by atoms with Crippen molar-refractivity contribution in [3.8, 4) is 17.2 Å². The normalized spacial score (nSPS) is 10.5. The van der Waals surface area contributed by atoms with E-state index in [1.807, 2.05) is 32.0 Å². The molecule has 10 nitrogen and oxygen atoms in total. The Morgan fingerprint density at radius 1 is 1.03 bits per heavy atom. The van der Waals surface area contributed by atoms with Crippen molar-refractivity contribution in [2.45, 2.75) is 33.9 Å². The van der Waals surface area contributed by atoms with E-state index in [9.17, 15) is 14.9 Å². The number of aromatic nitrogens is 2. The first-order valence-electron chi connectivity index (χ1n) is 10.5. The third kappa shape index (κ3) is 6.45. The van der Waals surface area contributed by atoms with Crippen LogP contribution in [0.15, 0.2) is 48.5 Å². The van der Waals surface area contributed by atoms with Gasteiger partial charge in [-0.3, -0.25) is 4.79 Å². The largest absolute Gasteiger partial charge is 0.490 e.